The molecule has 5 nitrogen and oxygen atoms in total. The van der Waals surface area contributed by atoms with Gasteiger partial charge in [0.05, 0.1) is 24.3 Å². The van der Waals surface area contributed by atoms with Crippen LogP contribution in [0.15, 0.2) is 36.7 Å². The van der Waals surface area contributed by atoms with E-state index in [-0.39, 0.29) is 5.75 Å². The summed E-state index contributed by atoms with van der Waals surface area (Å²) in [5.74, 6) is 1.80. The Morgan fingerprint density at radius 1 is 1.24 bits per heavy atom. The zero-order valence-corrected chi connectivity index (χ0v) is 11.7. The molecule has 21 heavy (non-hydrogen) atoms. The monoisotopic (exact) mass is 281 g/mol. The van der Waals surface area contributed by atoms with Crippen LogP contribution in [-0.2, 0) is 0 Å². The normalized spacial score (nSPS) is 14.5. The fourth-order valence-corrected chi connectivity index (χ4v) is 2.66. The maximum absolute atomic E-state index is 9.66. The van der Waals surface area contributed by atoms with Crippen molar-refractivity contribution in [1.29, 1.82) is 0 Å². The third-order valence-electron chi connectivity index (χ3n) is 3.79. The Morgan fingerprint density at radius 2 is 2.10 bits per heavy atom. The van der Waals surface area contributed by atoms with Gasteiger partial charge in [-0.05, 0) is 31.0 Å². The predicted octanol–water partition coefficient (Wildman–Crippen LogP) is 3.15. The summed E-state index contributed by atoms with van der Waals surface area (Å²) in [6, 6.07) is 8.12. The van der Waals surface area contributed by atoms with E-state index >= 15 is 0 Å². The number of aromatic hydroxyl groups is 1. The Bertz CT molecular complexity index is 822. The average molecular weight is 281 g/mol. The molecule has 0 spiro atoms. The number of pyridine rings is 1. The van der Waals surface area contributed by atoms with Gasteiger partial charge in [0.15, 0.2) is 0 Å². The molecule has 1 fully saturated rings. The molecule has 106 valence electrons. The molecule has 1 aliphatic rings. The zero-order valence-electron chi connectivity index (χ0n) is 11.7. The summed E-state index contributed by atoms with van der Waals surface area (Å²) in [6.45, 7) is 0. The number of aromatic nitrogens is 3. The van der Waals surface area contributed by atoms with Crippen molar-refractivity contribution in [2.24, 2.45) is 0 Å². The maximum atomic E-state index is 9.66. The van der Waals surface area contributed by atoms with E-state index in [4.69, 9.17) is 9.72 Å². The number of methoxy groups -OCH3 is 1. The average Bonchev–Trinajstić information content (AvgIpc) is 3.26. The van der Waals surface area contributed by atoms with Gasteiger partial charge in [-0.15, -0.1) is 0 Å². The van der Waals surface area contributed by atoms with Crippen LogP contribution < -0.4 is 4.74 Å². The van der Waals surface area contributed by atoms with E-state index in [1.807, 2.05) is 18.2 Å². The van der Waals surface area contributed by atoms with Crippen LogP contribution in [0.2, 0.25) is 0 Å². The van der Waals surface area contributed by atoms with E-state index in [0.717, 1.165) is 41.0 Å². The highest BCUT2D eigenvalue weighted by Crippen LogP contribution is 2.41. The van der Waals surface area contributed by atoms with Crippen LogP contribution >= 0.6 is 0 Å². The maximum Gasteiger partial charge on any atom is 0.143 e. The molecule has 0 amide bonds. The zero-order chi connectivity index (χ0) is 14.4. The molecule has 0 radical (unpaired) electrons. The molecule has 0 unspecified atom stereocenters. The largest absolute Gasteiger partial charge is 0.506 e. The number of benzene rings is 1. The van der Waals surface area contributed by atoms with Gasteiger partial charge in [-0.2, -0.15) is 0 Å². The topological polar surface area (TPSA) is 60.2 Å². The Labute approximate surface area is 121 Å². The standard InChI is InChI=1S/C16H15N3O2/c1-21-13-4-5-15-14(7-13)18-16(19(15)11-2-3-11)10-6-12(20)9-17-8-10/h4-9,11,20H,2-3H2,1H3. The highest BCUT2D eigenvalue weighted by atomic mass is 16.5. The van der Waals surface area contributed by atoms with Crippen molar-refractivity contribution in [2.45, 2.75) is 18.9 Å². The van der Waals surface area contributed by atoms with Crippen LogP contribution in [0, 0.1) is 0 Å². The van der Waals surface area contributed by atoms with Gasteiger partial charge >= 0.3 is 0 Å². The molecule has 0 saturated heterocycles. The summed E-state index contributed by atoms with van der Waals surface area (Å²) in [4.78, 5) is 8.78. The first kappa shape index (κ1) is 12.2. The molecule has 1 aromatic carbocycles. The predicted molar refractivity (Wildman–Crippen MR) is 79.5 cm³/mol. The van der Waals surface area contributed by atoms with E-state index in [0.29, 0.717) is 6.04 Å². The molecular weight excluding hydrogens is 266 g/mol. The number of hydrogen-bond acceptors (Lipinski definition) is 4. The van der Waals surface area contributed by atoms with E-state index in [2.05, 4.69) is 9.55 Å². The molecule has 0 bridgehead atoms. The lowest BCUT2D eigenvalue weighted by Crippen LogP contribution is -1.97. The quantitative estimate of drug-likeness (QED) is 0.801. The Morgan fingerprint density at radius 3 is 2.81 bits per heavy atom. The second-order valence-corrected chi connectivity index (χ2v) is 5.32. The molecule has 2 aromatic heterocycles. The first-order valence-electron chi connectivity index (χ1n) is 6.96. The molecule has 1 aliphatic carbocycles. The van der Waals surface area contributed by atoms with E-state index in [9.17, 15) is 5.11 Å². The van der Waals surface area contributed by atoms with E-state index < -0.39 is 0 Å². The first-order valence-corrected chi connectivity index (χ1v) is 6.96. The summed E-state index contributed by atoms with van der Waals surface area (Å²) in [5.41, 5.74) is 2.83. The molecule has 5 heteroatoms. The van der Waals surface area contributed by atoms with Crippen molar-refractivity contribution in [2.75, 3.05) is 7.11 Å². The fourth-order valence-electron chi connectivity index (χ4n) is 2.66. The van der Waals surface area contributed by atoms with Gasteiger partial charge in [0.25, 0.3) is 0 Å². The second-order valence-electron chi connectivity index (χ2n) is 5.32. The van der Waals surface area contributed by atoms with Crippen molar-refractivity contribution in [3.05, 3.63) is 36.7 Å². The Kier molecular flexibility index (Phi) is 2.60. The van der Waals surface area contributed by atoms with Crippen LogP contribution in [0.25, 0.3) is 22.4 Å². The summed E-state index contributed by atoms with van der Waals surface area (Å²) in [7, 11) is 1.65. The number of hydrogen-bond donors (Lipinski definition) is 1. The second kappa shape index (κ2) is 4.48. The van der Waals surface area contributed by atoms with Crippen molar-refractivity contribution < 1.29 is 9.84 Å². The summed E-state index contributed by atoms with van der Waals surface area (Å²) < 4.78 is 7.51. The number of nitrogens with zero attached hydrogens (tertiary/aromatic N) is 3. The van der Waals surface area contributed by atoms with Crippen molar-refractivity contribution in [1.82, 2.24) is 14.5 Å². The number of rotatable bonds is 3. The van der Waals surface area contributed by atoms with Crippen molar-refractivity contribution in [3.8, 4) is 22.9 Å². The lowest BCUT2D eigenvalue weighted by Gasteiger charge is -2.07. The lowest BCUT2D eigenvalue weighted by atomic mass is 10.2. The van der Waals surface area contributed by atoms with Crippen molar-refractivity contribution in [3.63, 3.8) is 0 Å². The van der Waals surface area contributed by atoms with Gasteiger partial charge in [0.2, 0.25) is 0 Å². The van der Waals surface area contributed by atoms with Crippen LogP contribution in [0.5, 0.6) is 11.5 Å². The number of fused-ring (bicyclic) bond motifs is 1. The minimum Gasteiger partial charge on any atom is -0.506 e. The van der Waals surface area contributed by atoms with Crippen LogP contribution in [0.1, 0.15) is 18.9 Å². The van der Waals surface area contributed by atoms with Gasteiger partial charge in [-0.1, -0.05) is 0 Å². The highest BCUT2D eigenvalue weighted by Gasteiger charge is 2.29. The van der Waals surface area contributed by atoms with Gasteiger partial charge in [0.1, 0.15) is 17.3 Å². The number of imidazole rings is 1. The molecular formula is C16H15N3O2. The highest BCUT2D eigenvalue weighted by molar-refractivity contribution is 5.82. The first-order chi connectivity index (χ1) is 10.3. The molecule has 0 atom stereocenters. The summed E-state index contributed by atoms with van der Waals surface area (Å²) in [5, 5.41) is 9.66. The van der Waals surface area contributed by atoms with Gasteiger partial charge in [-0.25, -0.2) is 4.98 Å². The lowest BCUT2D eigenvalue weighted by molar-refractivity contribution is 0.415. The smallest absolute Gasteiger partial charge is 0.143 e. The molecule has 1 N–H and O–H groups in total. The Balaban J connectivity index is 1.97. The molecule has 0 aliphatic heterocycles. The minimum absolute atomic E-state index is 0.152. The van der Waals surface area contributed by atoms with Crippen molar-refractivity contribution >= 4 is 11.0 Å². The van der Waals surface area contributed by atoms with Gasteiger partial charge < -0.3 is 14.4 Å². The molecule has 2 heterocycles. The molecule has 1 saturated carbocycles. The van der Waals surface area contributed by atoms with Crippen LogP contribution in [0.4, 0.5) is 0 Å². The van der Waals surface area contributed by atoms with E-state index in [1.54, 1.807) is 19.4 Å². The van der Waals surface area contributed by atoms with E-state index in [1.165, 1.54) is 6.20 Å². The third kappa shape index (κ3) is 2.01. The minimum atomic E-state index is 0.152. The number of ether oxygens (including phenoxy) is 1. The molecule has 4 rings (SSSR count). The summed E-state index contributed by atoms with van der Waals surface area (Å²) >= 11 is 0. The van der Waals surface area contributed by atoms with Crippen LogP contribution in [-0.4, -0.2) is 26.8 Å². The SMILES string of the molecule is COc1ccc2c(c1)nc(-c1cncc(O)c1)n2C1CC1. The van der Waals surface area contributed by atoms with Gasteiger partial charge in [-0.3, -0.25) is 4.98 Å². The Hall–Kier alpha value is -2.56. The summed E-state index contributed by atoms with van der Waals surface area (Å²) in [6.07, 6.45) is 5.49. The van der Waals surface area contributed by atoms with Gasteiger partial charge in [0, 0.05) is 23.9 Å². The fraction of sp³-hybridized carbons (Fsp3) is 0.250. The molecule has 3 aromatic rings. The van der Waals surface area contributed by atoms with Crippen LogP contribution in [0.3, 0.4) is 0 Å². The third-order valence-corrected chi connectivity index (χ3v) is 3.79.